The minimum Gasteiger partial charge on any atom is -0.492 e. The second-order valence-corrected chi connectivity index (χ2v) is 5.59. The van der Waals surface area contributed by atoms with Crippen LogP contribution >= 0.6 is 0 Å². The zero-order valence-corrected chi connectivity index (χ0v) is 11.6. The van der Waals surface area contributed by atoms with Crippen molar-refractivity contribution in [3.63, 3.8) is 0 Å². The Hall–Kier alpha value is -1.22. The van der Waals surface area contributed by atoms with Crippen LogP contribution in [0.4, 0.5) is 5.69 Å². The zero-order chi connectivity index (χ0) is 13.0. The molecular formula is C15H24N2O. The fraction of sp³-hybridized carbons (Fsp3) is 0.600. The Morgan fingerprint density at radius 1 is 1.22 bits per heavy atom. The molecule has 0 bridgehead atoms. The molecule has 3 heteroatoms. The first kappa shape index (κ1) is 13.2. The highest BCUT2D eigenvalue weighted by molar-refractivity contribution is 5.47. The normalized spacial score (nSPS) is 22.7. The molecule has 0 aliphatic heterocycles. The van der Waals surface area contributed by atoms with Gasteiger partial charge in [-0.3, -0.25) is 0 Å². The van der Waals surface area contributed by atoms with Gasteiger partial charge >= 0.3 is 0 Å². The van der Waals surface area contributed by atoms with E-state index in [2.05, 4.69) is 43.4 Å². The SMILES string of the molecule is CC1CC(Nc2ccc(OCCN(C)C)cc2)C1. The maximum absolute atomic E-state index is 5.66. The van der Waals surface area contributed by atoms with Gasteiger partial charge < -0.3 is 15.0 Å². The predicted molar refractivity (Wildman–Crippen MR) is 76.3 cm³/mol. The minimum absolute atomic E-state index is 0.667. The Labute approximate surface area is 110 Å². The molecule has 0 aromatic heterocycles. The summed E-state index contributed by atoms with van der Waals surface area (Å²) >= 11 is 0. The number of benzene rings is 1. The summed E-state index contributed by atoms with van der Waals surface area (Å²) < 4.78 is 5.66. The number of ether oxygens (including phenoxy) is 1. The summed E-state index contributed by atoms with van der Waals surface area (Å²) in [6, 6.07) is 8.96. The third-order valence-corrected chi connectivity index (χ3v) is 3.41. The molecule has 0 spiro atoms. The highest BCUT2D eigenvalue weighted by Crippen LogP contribution is 2.29. The molecule has 0 heterocycles. The van der Waals surface area contributed by atoms with E-state index in [4.69, 9.17) is 4.74 Å². The maximum atomic E-state index is 5.66. The van der Waals surface area contributed by atoms with Crippen LogP contribution in [0.15, 0.2) is 24.3 Å². The zero-order valence-electron chi connectivity index (χ0n) is 11.6. The standard InChI is InChI=1S/C15H24N2O/c1-12-10-14(11-12)16-13-4-6-15(7-5-13)18-9-8-17(2)3/h4-7,12,14,16H,8-11H2,1-3H3. The molecule has 1 aliphatic carbocycles. The molecular weight excluding hydrogens is 224 g/mol. The number of likely N-dealkylation sites (N-methyl/N-ethyl adjacent to an activating group) is 1. The summed E-state index contributed by atoms with van der Waals surface area (Å²) in [6.07, 6.45) is 2.59. The topological polar surface area (TPSA) is 24.5 Å². The van der Waals surface area contributed by atoms with E-state index in [1.54, 1.807) is 0 Å². The first-order chi connectivity index (χ1) is 8.63. The summed E-state index contributed by atoms with van der Waals surface area (Å²) in [5.74, 6) is 1.83. The number of nitrogens with one attached hydrogen (secondary N) is 1. The average molecular weight is 248 g/mol. The van der Waals surface area contributed by atoms with Gasteiger partial charge in [0.25, 0.3) is 0 Å². The van der Waals surface area contributed by atoms with Gasteiger partial charge in [0.2, 0.25) is 0 Å². The van der Waals surface area contributed by atoms with Crippen molar-refractivity contribution < 1.29 is 4.74 Å². The summed E-state index contributed by atoms with van der Waals surface area (Å²) in [5, 5.41) is 3.55. The van der Waals surface area contributed by atoms with E-state index >= 15 is 0 Å². The lowest BCUT2D eigenvalue weighted by atomic mass is 9.82. The van der Waals surface area contributed by atoms with Gasteiger partial charge in [0.15, 0.2) is 0 Å². The van der Waals surface area contributed by atoms with Crippen molar-refractivity contribution in [3.8, 4) is 5.75 Å². The lowest BCUT2D eigenvalue weighted by Crippen LogP contribution is -2.33. The Bertz CT molecular complexity index is 355. The predicted octanol–water partition coefficient (Wildman–Crippen LogP) is 2.84. The quantitative estimate of drug-likeness (QED) is 0.838. The monoisotopic (exact) mass is 248 g/mol. The molecule has 0 radical (unpaired) electrons. The van der Waals surface area contributed by atoms with Crippen LogP contribution in [0.3, 0.4) is 0 Å². The number of anilines is 1. The summed E-state index contributed by atoms with van der Waals surface area (Å²) in [7, 11) is 4.10. The summed E-state index contributed by atoms with van der Waals surface area (Å²) in [4.78, 5) is 2.12. The van der Waals surface area contributed by atoms with Crippen LogP contribution in [-0.2, 0) is 0 Å². The minimum atomic E-state index is 0.667. The van der Waals surface area contributed by atoms with Crippen LogP contribution in [0.5, 0.6) is 5.75 Å². The molecule has 3 nitrogen and oxygen atoms in total. The Balaban J connectivity index is 1.75. The van der Waals surface area contributed by atoms with Crippen molar-refractivity contribution in [3.05, 3.63) is 24.3 Å². The first-order valence-electron chi connectivity index (χ1n) is 6.77. The molecule has 1 aliphatic rings. The fourth-order valence-electron chi connectivity index (χ4n) is 2.25. The van der Waals surface area contributed by atoms with E-state index in [0.29, 0.717) is 6.04 Å². The summed E-state index contributed by atoms with van der Waals surface area (Å²) in [6.45, 7) is 3.99. The third kappa shape index (κ3) is 3.91. The molecule has 1 aromatic carbocycles. The number of hydrogen-bond acceptors (Lipinski definition) is 3. The largest absolute Gasteiger partial charge is 0.492 e. The van der Waals surface area contributed by atoms with Gasteiger partial charge in [-0.1, -0.05) is 6.92 Å². The van der Waals surface area contributed by atoms with Gasteiger partial charge in [-0.2, -0.15) is 0 Å². The first-order valence-corrected chi connectivity index (χ1v) is 6.77. The molecule has 1 N–H and O–H groups in total. The number of nitrogens with zero attached hydrogens (tertiary/aromatic N) is 1. The Kier molecular flexibility index (Phi) is 4.48. The molecule has 0 unspecified atom stereocenters. The smallest absolute Gasteiger partial charge is 0.119 e. The van der Waals surface area contributed by atoms with E-state index in [1.165, 1.54) is 18.5 Å². The molecule has 1 saturated carbocycles. The van der Waals surface area contributed by atoms with Crippen molar-refractivity contribution >= 4 is 5.69 Å². The van der Waals surface area contributed by atoms with Crippen molar-refractivity contribution in [1.29, 1.82) is 0 Å². The number of hydrogen-bond donors (Lipinski definition) is 1. The van der Waals surface area contributed by atoms with E-state index in [-0.39, 0.29) is 0 Å². The van der Waals surface area contributed by atoms with Crippen molar-refractivity contribution in [1.82, 2.24) is 4.90 Å². The van der Waals surface area contributed by atoms with Crippen LogP contribution in [0, 0.1) is 5.92 Å². The molecule has 2 rings (SSSR count). The van der Waals surface area contributed by atoms with Gasteiger partial charge in [-0.05, 0) is 57.1 Å². The lowest BCUT2D eigenvalue weighted by molar-refractivity contribution is 0.261. The van der Waals surface area contributed by atoms with Crippen LogP contribution in [0.25, 0.3) is 0 Å². The van der Waals surface area contributed by atoms with Crippen LogP contribution in [0.2, 0.25) is 0 Å². The molecule has 0 atom stereocenters. The molecule has 1 fully saturated rings. The van der Waals surface area contributed by atoms with Crippen molar-refractivity contribution in [2.75, 3.05) is 32.6 Å². The van der Waals surface area contributed by atoms with E-state index < -0.39 is 0 Å². The highest BCUT2D eigenvalue weighted by Gasteiger charge is 2.24. The molecule has 0 saturated heterocycles. The Morgan fingerprint density at radius 3 is 2.44 bits per heavy atom. The average Bonchev–Trinajstić information content (AvgIpc) is 2.29. The van der Waals surface area contributed by atoms with E-state index in [9.17, 15) is 0 Å². The van der Waals surface area contributed by atoms with Crippen molar-refractivity contribution in [2.24, 2.45) is 5.92 Å². The van der Waals surface area contributed by atoms with Crippen LogP contribution in [0.1, 0.15) is 19.8 Å². The fourth-order valence-corrected chi connectivity index (χ4v) is 2.25. The van der Waals surface area contributed by atoms with Gasteiger partial charge in [0, 0.05) is 18.3 Å². The Morgan fingerprint density at radius 2 is 1.89 bits per heavy atom. The molecule has 1 aromatic rings. The van der Waals surface area contributed by atoms with Gasteiger partial charge in [0.1, 0.15) is 12.4 Å². The molecule has 100 valence electrons. The molecule has 18 heavy (non-hydrogen) atoms. The number of rotatable bonds is 6. The van der Waals surface area contributed by atoms with Crippen molar-refractivity contribution in [2.45, 2.75) is 25.8 Å². The van der Waals surface area contributed by atoms with Gasteiger partial charge in [0.05, 0.1) is 0 Å². The second kappa shape index (κ2) is 6.10. The van der Waals surface area contributed by atoms with Crippen LogP contribution < -0.4 is 10.1 Å². The summed E-state index contributed by atoms with van der Waals surface area (Å²) in [5.41, 5.74) is 1.20. The maximum Gasteiger partial charge on any atom is 0.119 e. The van der Waals surface area contributed by atoms with Gasteiger partial charge in [-0.15, -0.1) is 0 Å². The molecule has 0 amide bonds. The van der Waals surface area contributed by atoms with Gasteiger partial charge in [-0.25, -0.2) is 0 Å². The van der Waals surface area contributed by atoms with Crippen LogP contribution in [-0.4, -0.2) is 38.2 Å². The third-order valence-electron chi connectivity index (χ3n) is 3.41. The van der Waals surface area contributed by atoms with E-state index in [1.807, 2.05) is 12.1 Å². The second-order valence-electron chi connectivity index (χ2n) is 5.59. The highest BCUT2D eigenvalue weighted by atomic mass is 16.5. The lowest BCUT2D eigenvalue weighted by Gasteiger charge is -2.34. The van der Waals surface area contributed by atoms with E-state index in [0.717, 1.165) is 24.8 Å².